The summed E-state index contributed by atoms with van der Waals surface area (Å²) < 4.78 is 3.57. The van der Waals surface area contributed by atoms with Crippen molar-refractivity contribution in [2.24, 2.45) is 7.05 Å². The molecule has 7 heteroatoms. The fourth-order valence-corrected chi connectivity index (χ4v) is 2.04. The molecule has 0 saturated heterocycles. The van der Waals surface area contributed by atoms with Gasteiger partial charge >= 0.3 is 0 Å². The number of hydrogen-bond acceptors (Lipinski definition) is 5. The molecule has 0 radical (unpaired) electrons. The van der Waals surface area contributed by atoms with Gasteiger partial charge in [0.25, 0.3) is 0 Å². The molecule has 0 bridgehead atoms. The van der Waals surface area contributed by atoms with E-state index in [1.807, 2.05) is 13.2 Å². The zero-order valence-electron chi connectivity index (χ0n) is 12.0. The maximum atomic E-state index is 4.43. The molecular weight excluding hydrogens is 242 g/mol. The van der Waals surface area contributed by atoms with Crippen LogP contribution in [0.2, 0.25) is 0 Å². The van der Waals surface area contributed by atoms with Gasteiger partial charge < -0.3 is 5.32 Å². The van der Waals surface area contributed by atoms with Crippen molar-refractivity contribution in [3.63, 3.8) is 0 Å². The Labute approximate surface area is 113 Å². The van der Waals surface area contributed by atoms with Crippen LogP contribution in [0.1, 0.15) is 44.8 Å². The highest BCUT2D eigenvalue weighted by molar-refractivity contribution is 5.34. The lowest BCUT2D eigenvalue weighted by Gasteiger charge is -2.12. The first-order valence-electron chi connectivity index (χ1n) is 6.71. The summed E-state index contributed by atoms with van der Waals surface area (Å²) in [7, 11) is 1.91. The minimum atomic E-state index is 0.111. The lowest BCUT2D eigenvalue weighted by atomic mass is 10.2. The molecule has 0 saturated carbocycles. The Morgan fingerprint density at radius 2 is 2.16 bits per heavy atom. The first kappa shape index (κ1) is 13.7. The van der Waals surface area contributed by atoms with Gasteiger partial charge in [-0.3, -0.25) is 4.68 Å². The average molecular weight is 263 g/mol. The lowest BCUT2D eigenvalue weighted by Crippen LogP contribution is -2.23. The van der Waals surface area contributed by atoms with Crippen molar-refractivity contribution in [3.8, 4) is 5.69 Å². The summed E-state index contributed by atoms with van der Waals surface area (Å²) >= 11 is 0. The number of rotatable bonds is 6. The fourth-order valence-electron chi connectivity index (χ4n) is 2.04. The van der Waals surface area contributed by atoms with Crippen molar-refractivity contribution >= 4 is 0 Å². The van der Waals surface area contributed by atoms with Gasteiger partial charge in [-0.05, 0) is 36.7 Å². The first-order valence-corrected chi connectivity index (χ1v) is 6.71. The predicted molar refractivity (Wildman–Crippen MR) is 72.0 cm³/mol. The van der Waals surface area contributed by atoms with Crippen LogP contribution >= 0.6 is 0 Å². The Hall–Kier alpha value is -1.76. The van der Waals surface area contributed by atoms with Crippen LogP contribution in [0.5, 0.6) is 0 Å². The van der Waals surface area contributed by atoms with Crippen molar-refractivity contribution in [2.75, 3.05) is 6.54 Å². The normalized spacial score (nSPS) is 12.8. The van der Waals surface area contributed by atoms with Crippen molar-refractivity contribution in [1.29, 1.82) is 0 Å². The van der Waals surface area contributed by atoms with E-state index in [0.29, 0.717) is 0 Å². The molecule has 0 aliphatic rings. The molecule has 0 aliphatic heterocycles. The van der Waals surface area contributed by atoms with Crippen LogP contribution < -0.4 is 5.32 Å². The van der Waals surface area contributed by atoms with Crippen LogP contribution in [0.25, 0.3) is 5.69 Å². The van der Waals surface area contributed by atoms with Gasteiger partial charge in [-0.25, -0.2) is 0 Å². The maximum absolute atomic E-state index is 4.43. The third kappa shape index (κ3) is 2.81. The van der Waals surface area contributed by atoms with E-state index in [-0.39, 0.29) is 6.04 Å². The molecule has 0 amide bonds. The summed E-state index contributed by atoms with van der Waals surface area (Å²) in [5, 5.41) is 19.9. The minimum Gasteiger partial charge on any atom is -0.307 e. The number of aryl methyl sites for hydroxylation is 2. The molecule has 1 atom stereocenters. The second-order valence-corrected chi connectivity index (χ2v) is 4.61. The van der Waals surface area contributed by atoms with Gasteiger partial charge in [0.2, 0.25) is 0 Å². The minimum absolute atomic E-state index is 0.111. The number of tetrazole rings is 1. The third-order valence-electron chi connectivity index (χ3n) is 3.03. The zero-order valence-corrected chi connectivity index (χ0v) is 12.0. The van der Waals surface area contributed by atoms with Gasteiger partial charge in [0.05, 0.1) is 17.9 Å². The van der Waals surface area contributed by atoms with Crippen molar-refractivity contribution < 1.29 is 0 Å². The summed E-state index contributed by atoms with van der Waals surface area (Å²) in [5.41, 5.74) is 1.95. The predicted octanol–water partition coefficient (Wildman–Crippen LogP) is 1.02. The Morgan fingerprint density at radius 1 is 1.37 bits per heavy atom. The first-order chi connectivity index (χ1) is 9.17. The van der Waals surface area contributed by atoms with E-state index in [1.165, 1.54) is 0 Å². The summed E-state index contributed by atoms with van der Waals surface area (Å²) in [6.07, 6.45) is 3.89. The molecule has 0 fully saturated rings. The topological polar surface area (TPSA) is 73.5 Å². The van der Waals surface area contributed by atoms with E-state index in [4.69, 9.17) is 0 Å². The van der Waals surface area contributed by atoms with Gasteiger partial charge in [0.15, 0.2) is 5.82 Å². The van der Waals surface area contributed by atoms with Crippen molar-refractivity contribution in [3.05, 3.63) is 17.7 Å². The van der Waals surface area contributed by atoms with Gasteiger partial charge in [-0.2, -0.15) is 9.78 Å². The third-order valence-corrected chi connectivity index (χ3v) is 3.03. The highest BCUT2D eigenvalue weighted by Gasteiger charge is 2.18. The summed E-state index contributed by atoms with van der Waals surface area (Å²) in [6, 6.07) is 0.111. The maximum Gasteiger partial charge on any atom is 0.173 e. The number of aromatic nitrogens is 6. The second kappa shape index (κ2) is 5.92. The van der Waals surface area contributed by atoms with Crippen LogP contribution in [0.4, 0.5) is 0 Å². The number of hydrogen-bond donors (Lipinski definition) is 1. The van der Waals surface area contributed by atoms with Gasteiger partial charge in [-0.15, -0.1) is 5.10 Å². The highest BCUT2D eigenvalue weighted by Crippen LogP contribution is 2.17. The van der Waals surface area contributed by atoms with Crippen LogP contribution in [0, 0.1) is 0 Å². The molecule has 0 aromatic carbocycles. The quantitative estimate of drug-likeness (QED) is 0.842. The molecule has 7 nitrogen and oxygen atoms in total. The molecule has 104 valence electrons. The molecular formula is C12H21N7. The van der Waals surface area contributed by atoms with Gasteiger partial charge in [-0.1, -0.05) is 13.8 Å². The Balaban J connectivity index is 2.32. The van der Waals surface area contributed by atoms with E-state index in [9.17, 15) is 0 Å². The summed E-state index contributed by atoms with van der Waals surface area (Å²) in [5.74, 6) is 0.816. The van der Waals surface area contributed by atoms with Crippen LogP contribution in [0.3, 0.4) is 0 Å². The second-order valence-electron chi connectivity index (χ2n) is 4.61. The number of nitrogens with zero attached hydrogens (tertiary/aromatic N) is 6. The van der Waals surface area contributed by atoms with E-state index in [0.717, 1.165) is 36.6 Å². The van der Waals surface area contributed by atoms with E-state index in [1.54, 1.807) is 9.36 Å². The summed E-state index contributed by atoms with van der Waals surface area (Å²) in [4.78, 5) is 0. The van der Waals surface area contributed by atoms with Crippen LogP contribution in [0.15, 0.2) is 6.20 Å². The van der Waals surface area contributed by atoms with Gasteiger partial charge in [0.1, 0.15) is 5.69 Å². The fraction of sp³-hybridized carbons (Fsp3) is 0.667. The van der Waals surface area contributed by atoms with Crippen LogP contribution in [-0.2, 0) is 13.5 Å². The molecule has 2 aromatic rings. The number of nitrogens with one attached hydrogen (secondary N) is 1. The Morgan fingerprint density at radius 3 is 2.84 bits per heavy atom. The summed E-state index contributed by atoms with van der Waals surface area (Å²) in [6.45, 7) is 7.23. The molecule has 1 unspecified atom stereocenters. The van der Waals surface area contributed by atoms with Crippen molar-refractivity contribution in [2.45, 2.75) is 39.7 Å². The van der Waals surface area contributed by atoms with E-state index >= 15 is 0 Å². The highest BCUT2D eigenvalue weighted by atomic mass is 15.6. The molecule has 19 heavy (non-hydrogen) atoms. The SMILES string of the molecule is CCCNC(C)c1nnnn1-c1cn(C)nc1CC. The molecule has 2 aromatic heterocycles. The molecule has 2 heterocycles. The molecule has 1 N–H and O–H groups in total. The van der Waals surface area contributed by atoms with Gasteiger partial charge in [0, 0.05) is 7.05 Å². The lowest BCUT2D eigenvalue weighted by molar-refractivity contribution is 0.530. The molecule has 0 spiro atoms. The van der Waals surface area contributed by atoms with Crippen molar-refractivity contribution in [1.82, 2.24) is 35.3 Å². The Kier molecular flexibility index (Phi) is 4.26. The van der Waals surface area contributed by atoms with E-state index < -0.39 is 0 Å². The zero-order chi connectivity index (χ0) is 13.8. The molecule has 0 aliphatic carbocycles. The monoisotopic (exact) mass is 263 g/mol. The standard InChI is InChI=1S/C12H21N7/c1-5-7-13-9(3)12-14-16-17-19(12)11-8-18(4)15-10(11)6-2/h8-9,13H,5-7H2,1-4H3. The smallest absolute Gasteiger partial charge is 0.173 e. The largest absolute Gasteiger partial charge is 0.307 e. The molecule has 2 rings (SSSR count). The Bertz CT molecular complexity index is 528. The van der Waals surface area contributed by atoms with Crippen LogP contribution in [-0.4, -0.2) is 36.5 Å². The average Bonchev–Trinajstić information content (AvgIpc) is 3.01. The van der Waals surface area contributed by atoms with E-state index in [2.05, 4.69) is 46.7 Å².